The summed E-state index contributed by atoms with van der Waals surface area (Å²) in [5.74, 6) is 0. The minimum Gasteiger partial charge on any atom is -0.401 e. The van der Waals surface area contributed by atoms with Crippen LogP contribution in [-0.4, -0.2) is 48.6 Å². The van der Waals surface area contributed by atoms with Crippen LogP contribution in [0.4, 0.5) is 13.2 Å². The van der Waals surface area contributed by atoms with Gasteiger partial charge in [-0.15, -0.1) is 0 Å². The van der Waals surface area contributed by atoms with Crippen LogP contribution in [0.25, 0.3) is 0 Å². The number of carbonyl (C=O) groups excluding carboxylic acids is 1. The number of hydrogen-bond acceptors (Lipinski definition) is 3. The second kappa shape index (κ2) is 4.63. The van der Waals surface area contributed by atoms with Crippen molar-refractivity contribution in [3.8, 4) is 0 Å². The Hall–Kier alpha value is -1.40. The first-order valence-electron chi connectivity index (χ1n) is 4.80. The maximum atomic E-state index is 12.3. The number of carbonyl (C=O) groups is 1. The van der Waals surface area contributed by atoms with Gasteiger partial charge in [-0.1, -0.05) is 0 Å². The zero-order valence-corrected chi connectivity index (χ0v) is 8.92. The van der Waals surface area contributed by atoms with Crippen LogP contribution in [0.2, 0.25) is 0 Å². The van der Waals surface area contributed by atoms with E-state index in [0.717, 1.165) is 0 Å². The van der Waals surface area contributed by atoms with E-state index in [1.165, 1.54) is 16.7 Å². The van der Waals surface area contributed by atoms with Gasteiger partial charge in [0.2, 0.25) is 6.41 Å². The fraction of sp³-hybridized carbons (Fsp3) is 0.667. The summed E-state index contributed by atoms with van der Waals surface area (Å²) in [6.45, 7) is 1.09. The van der Waals surface area contributed by atoms with Crippen molar-refractivity contribution in [2.75, 3.05) is 26.2 Å². The molecule has 1 rings (SSSR count). The molecular weight excluding hydrogens is 223 g/mol. The number of hydrogen-bond donors (Lipinski definition) is 1. The average Bonchev–Trinajstić information content (AvgIpc) is 2.15. The molecule has 1 fully saturated rings. The smallest absolute Gasteiger partial charge is 0.401 e. The second-order valence-electron chi connectivity index (χ2n) is 3.74. The Labute approximate surface area is 91.5 Å². The molecule has 0 bridgehead atoms. The van der Waals surface area contributed by atoms with E-state index in [0.29, 0.717) is 17.8 Å². The minimum atomic E-state index is -4.26. The van der Waals surface area contributed by atoms with Gasteiger partial charge >= 0.3 is 6.18 Å². The van der Waals surface area contributed by atoms with Crippen molar-refractivity contribution < 1.29 is 18.0 Å². The predicted molar refractivity (Wildman–Crippen MR) is 52.2 cm³/mol. The number of halogens is 3. The molecule has 7 heteroatoms. The molecule has 0 radical (unpaired) electrons. The van der Waals surface area contributed by atoms with Crippen molar-refractivity contribution >= 4 is 6.41 Å². The molecule has 0 saturated carbocycles. The summed E-state index contributed by atoms with van der Waals surface area (Å²) >= 11 is 0. The number of alkyl halides is 3. The highest BCUT2D eigenvalue weighted by Gasteiger charge is 2.34. The van der Waals surface area contributed by atoms with Crippen LogP contribution in [0.3, 0.4) is 0 Å². The zero-order valence-electron chi connectivity index (χ0n) is 8.92. The predicted octanol–water partition coefficient (Wildman–Crippen LogP) is 0.513. The Morgan fingerprint density at radius 1 is 1.50 bits per heavy atom. The van der Waals surface area contributed by atoms with E-state index in [9.17, 15) is 18.0 Å². The molecule has 0 aromatic rings. The first kappa shape index (κ1) is 12.7. The van der Waals surface area contributed by atoms with Gasteiger partial charge in [0.25, 0.3) is 0 Å². The monoisotopic (exact) mass is 237 g/mol. The third kappa shape index (κ3) is 3.32. The van der Waals surface area contributed by atoms with E-state index >= 15 is 0 Å². The van der Waals surface area contributed by atoms with Crippen LogP contribution in [-0.2, 0) is 4.79 Å². The number of piperazine rings is 1. The van der Waals surface area contributed by atoms with Crippen molar-refractivity contribution in [3.63, 3.8) is 0 Å². The lowest BCUT2D eigenvalue weighted by molar-refractivity contribution is -0.145. The first-order valence-corrected chi connectivity index (χ1v) is 4.80. The number of allylic oxidation sites excluding steroid dienone is 1. The van der Waals surface area contributed by atoms with Crippen molar-refractivity contribution in [2.45, 2.75) is 13.1 Å². The Morgan fingerprint density at radius 2 is 2.12 bits per heavy atom. The number of amides is 1. The fourth-order valence-electron chi connectivity index (χ4n) is 1.61. The molecule has 2 N–H and O–H groups in total. The van der Waals surface area contributed by atoms with Gasteiger partial charge in [-0.3, -0.25) is 4.79 Å². The third-order valence-electron chi connectivity index (χ3n) is 2.37. The highest BCUT2D eigenvalue weighted by atomic mass is 19.4. The summed E-state index contributed by atoms with van der Waals surface area (Å²) in [7, 11) is 0. The Bertz CT molecular complexity index is 297. The molecule has 0 aromatic carbocycles. The normalized spacial score (nSPS) is 21.0. The highest BCUT2D eigenvalue weighted by molar-refractivity contribution is 5.48. The molecule has 4 nitrogen and oxygen atoms in total. The minimum absolute atomic E-state index is 0.141. The Morgan fingerprint density at radius 3 is 2.56 bits per heavy atom. The fourth-order valence-corrected chi connectivity index (χ4v) is 1.61. The second-order valence-corrected chi connectivity index (χ2v) is 3.74. The highest BCUT2D eigenvalue weighted by Crippen LogP contribution is 2.22. The number of nitrogens with zero attached hydrogens (tertiary/aromatic N) is 2. The van der Waals surface area contributed by atoms with E-state index in [1.54, 1.807) is 0 Å². The molecule has 0 aromatic heterocycles. The Balaban J connectivity index is 2.78. The zero-order chi connectivity index (χ0) is 12.3. The van der Waals surface area contributed by atoms with Crippen LogP contribution >= 0.6 is 0 Å². The molecular formula is C9H14F3N3O. The van der Waals surface area contributed by atoms with E-state index in [2.05, 4.69) is 0 Å². The lowest BCUT2D eigenvalue weighted by atomic mass is 10.2. The van der Waals surface area contributed by atoms with E-state index in [-0.39, 0.29) is 19.6 Å². The van der Waals surface area contributed by atoms with E-state index < -0.39 is 12.7 Å². The lowest BCUT2D eigenvalue weighted by Gasteiger charge is -2.37. The molecule has 0 spiro atoms. The van der Waals surface area contributed by atoms with Crippen molar-refractivity contribution in [1.82, 2.24) is 9.80 Å². The molecule has 0 aliphatic carbocycles. The lowest BCUT2D eigenvalue weighted by Crippen LogP contribution is -2.48. The maximum absolute atomic E-state index is 12.3. The van der Waals surface area contributed by atoms with Gasteiger partial charge in [-0.2, -0.15) is 13.2 Å². The van der Waals surface area contributed by atoms with Crippen molar-refractivity contribution in [3.05, 3.63) is 11.4 Å². The molecule has 16 heavy (non-hydrogen) atoms. The van der Waals surface area contributed by atoms with Crippen molar-refractivity contribution in [1.29, 1.82) is 0 Å². The SMILES string of the molecule is C/C(N)=C1\CN(C=O)CCN1CC(F)(F)F. The van der Waals surface area contributed by atoms with Gasteiger partial charge < -0.3 is 15.5 Å². The third-order valence-corrected chi connectivity index (χ3v) is 2.37. The van der Waals surface area contributed by atoms with Gasteiger partial charge in [-0.05, 0) is 6.92 Å². The summed E-state index contributed by atoms with van der Waals surface area (Å²) in [5, 5.41) is 0. The van der Waals surface area contributed by atoms with Gasteiger partial charge in [-0.25, -0.2) is 0 Å². The molecule has 1 saturated heterocycles. The summed E-state index contributed by atoms with van der Waals surface area (Å²) < 4.78 is 36.8. The van der Waals surface area contributed by atoms with E-state index in [1.807, 2.05) is 0 Å². The molecule has 0 atom stereocenters. The van der Waals surface area contributed by atoms with Crippen LogP contribution < -0.4 is 5.73 Å². The summed E-state index contributed by atoms with van der Waals surface area (Å²) in [6.07, 6.45) is -3.64. The molecule has 1 aliphatic heterocycles. The average molecular weight is 237 g/mol. The van der Waals surface area contributed by atoms with Crippen LogP contribution in [0.1, 0.15) is 6.92 Å². The van der Waals surface area contributed by atoms with Crippen LogP contribution in [0.15, 0.2) is 11.4 Å². The molecule has 92 valence electrons. The maximum Gasteiger partial charge on any atom is 0.405 e. The van der Waals surface area contributed by atoms with E-state index in [4.69, 9.17) is 5.73 Å². The topological polar surface area (TPSA) is 49.6 Å². The Kier molecular flexibility index (Phi) is 3.66. The van der Waals surface area contributed by atoms with Crippen LogP contribution in [0, 0.1) is 0 Å². The van der Waals surface area contributed by atoms with Gasteiger partial charge in [0.15, 0.2) is 0 Å². The summed E-state index contributed by atoms with van der Waals surface area (Å²) in [4.78, 5) is 13.1. The molecule has 1 heterocycles. The van der Waals surface area contributed by atoms with Crippen LogP contribution in [0.5, 0.6) is 0 Å². The molecule has 1 amide bonds. The van der Waals surface area contributed by atoms with Crippen molar-refractivity contribution in [2.24, 2.45) is 5.73 Å². The largest absolute Gasteiger partial charge is 0.405 e. The van der Waals surface area contributed by atoms with Gasteiger partial charge in [0.05, 0.1) is 12.2 Å². The van der Waals surface area contributed by atoms with Gasteiger partial charge in [0.1, 0.15) is 6.54 Å². The number of rotatable bonds is 2. The van der Waals surface area contributed by atoms with Gasteiger partial charge in [0, 0.05) is 18.8 Å². The quantitative estimate of drug-likeness (QED) is 0.712. The molecule has 1 aliphatic rings. The number of nitrogens with two attached hydrogens (primary N) is 1. The summed E-state index contributed by atoms with van der Waals surface area (Å²) in [5.41, 5.74) is 6.21. The summed E-state index contributed by atoms with van der Waals surface area (Å²) in [6, 6.07) is 0. The standard InChI is InChI=1S/C9H14F3N3O/c1-7(13)8-4-14(6-16)2-3-15(8)5-9(10,11)12/h6H,2-5,13H2,1H3/b8-7-. The molecule has 0 unspecified atom stereocenters. The first-order chi connectivity index (χ1) is 7.33.